The van der Waals surface area contributed by atoms with Gasteiger partial charge < -0.3 is 10.4 Å². The molecule has 4 nitrogen and oxygen atoms in total. The minimum absolute atomic E-state index is 0.0979. The number of nitrogens with one attached hydrogen (secondary N) is 1. The monoisotopic (exact) mass is 279 g/mol. The van der Waals surface area contributed by atoms with E-state index >= 15 is 0 Å². The summed E-state index contributed by atoms with van der Waals surface area (Å²) in [6, 6.07) is 0.422. The van der Waals surface area contributed by atoms with Crippen LogP contribution < -0.4 is 5.32 Å². The largest absolute Gasteiger partial charge is 0.394 e. The zero-order valence-corrected chi connectivity index (χ0v) is 13.4. The van der Waals surface area contributed by atoms with Crippen LogP contribution in [0.25, 0.3) is 0 Å². The second kappa shape index (κ2) is 6.27. The highest BCUT2D eigenvalue weighted by Crippen LogP contribution is 2.38. The molecular formula is C16H29N3O. The molecule has 20 heavy (non-hydrogen) atoms. The minimum atomic E-state index is -0.0979. The lowest BCUT2D eigenvalue weighted by Crippen LogP contribution is -2.46. The van der Waals surface area contributed by atoms with Crippen LogP contribution in [0.4, 0.5) is 0 Å². The van der Waals surface area contributed by atoms with E-state index in [4.69, 9.17) is 5.10 Å². The van der Waals surface area contributed by atoms with E-state index in [1.807, 2.05) is 0 Å². The predicted molar refractivity (Wildman–Crippen MR) is 82.1 cm³/mol. The highest BCUT2D eigenvalue weighted by atomic mass is 16.3. The molecule has 1 aromatic rings. The van der Waals surface area contributed by atoms with Crippen molar-refractivity contribution in [3.8, 4) is 0 Å². The van der Waals surface area contributed by atoms with E-state index in [0.717, 1.165) is 44.3 Å². The molecule has 1 heterocycles. The van der Waals surface area contributed by atoms with E-state index in [1.165, 1.54) is 11.3 Å². The summed E-state index contributed by atoms with van der Waals surface area (Å²) in [5.74, 6) is 0. The summed E-state index contributed by atoms with van der Waals surface area (Å²) in [5, 5.41) is 18.1. The first kappa shape index (κ1) is 15.5. The molecule has 2 N–H and O–H groups in total. The first-order valence-corrected chi connectivity index (χ1v) is 7.97. The van der Waals surface area contributed by atoms with Gasteiger partial charge in [-0.1, -0.05) is 13.8 Å². The second-order valence-electron chi connectivity index (χ2n) is 6.21. The van der Waals surface area contributed by atoms with Crippen LogP contribution in [-0.2, 0) is 6.42 Å². The Kier molecular flexibility index (Phi) is 4.86. The maximum Gasteiger partial charge on any atom is 0.0628 e. The lowest BCUT2D eigenvalue weighted by molar-refractivity contribution is 0.160. The van der Waals surface area contributed by atoms with Crippen LogP contribution in [0.1, 0.15) is 62.5 Å². The molecule has 0 radical (unpaired) electrons. The number of aromatic nitrogens is 2. The second-order valence-corrected chi connectivity index (χ2v) is 6.21. The Hall–Kier alpha value is -0.870. The van der Waals surface area contributed by atoms with E-state index in [-0.39, 0.29) is 12.1 Å². The van der Waals surface area contributed by atoms with E-state index in [1.54, 1.807) is 0 Å². The number of aryl methyl sites for hydroxylation is 1. The summed E-state index contributed by atoms with van der Waals surface area (Å²) in [7, 11) is 0. The van der Waals surface area contributed by atoms with Gasteiger partial charge in [0.2, 0.25) is 0 Å². The summed E-state index contributed by atoms with van der Waals surface area (Å²) in [6.45, 7) is 9.84. The molecule has 1 aliphatic carbocycles. The highest BCUT2D eigenvalue weighted by molar-refractivity contribution is 5.25. The van der Waals surface area contributed by atoms with Crippen LogP contribution in [0.2, 0.25) is 0 Å². The number of aliphatic hydroxyl groups excluding tert-OH is 1. The molecule has 1 fully saturated rings. The van der Waals surface area contributed by atoms with Gasteiger partial charge in [-0.2, -0.15) is 5.10 Å². The normalized spacial score (nSPS) is 26.4. The molecule has 4 heteroatoms. The van der Waals surface area contributed by atoms with Crippen molar-refractivity contribution in [2.45, 2.75) is 71.4 Å². The molecule has 1 aromatic heterocycles. The van der Waals surface area contributed by atoms with E-state index in [9.17, 15) is 5.11 Å². The Labute approximate surface area is 122 Å². The number of hydrogen-bond acceptors (Lipinski definition) is 3. The van der Waals surface area contributed by atoms with Crippen LogP contribution in [0.3, 0.4) is 0 Å². The molecule has 2 atom stereocenters. The molecule has 114 valence electrons. The van der Waals surface area contributed by atoms with Gasteiger partial charge in [0.25, 0.3) is 0 Å². The molecule has 2 rings (SSSR count). The van der Waals surface area contributed by atoms with Crippen LogP contribution in [0, 0.1) is 13.8 Å². The molecule has 0 aliphatic heterocycles. The summed E-state index contributed by atoms with van der Waals surface area (Å²) in [5.41, 5.74) is 3.75. The van der Waals surface area contributed by atoms with Crippen molar-refractivity contribution in [2.24, 2.45) is 0 Å². The third-order valence-corrected chi connectivity index (χ3v) is 4.81. The molecule has 0 spiro atoms. The van der Waals surface area contributed by atoms with Gasteiger partial charge in [0.15, 0.2) is 0 Å². The molecule has 1 saturated carbocycles. The molecule has 2 unspecified atom stereocenters. The lowest BCUT2D eigenvalue weighted by Gasteiger charge is -2.28. The van der Waals surface area contributed by atoms with Crippen molar-refractivity contribution < 1.29 is 5.11 Å². The van der Waals surface area contributed by atoms with E-state index in [2.05, 4.69) is 37.7 Å². The van der Waals surface area contributed by atoms with Gasteiger partial charge in [-0.05, 0) is 58.1 Å². The van der Waals surface area contributed by atoms with Crippen molar-refractivity contribution in [1.29, 1.82) is 0 Å². The minimum Gasteiger partial charge on any atom is -0.394 e. The predicted octanol–water partition coefficient (Wildman–Crippen LogP) is 2.52. The number of aliphatic hydroxyl groups is 1. The average Bonchev–Trinajstić information content (AvgIpc) is 2.99. The zero-order chi connectivity index (χ0) is 14.8. The van der Waals surface area contributed by atoms with Crippen LogP contribution in [0.15, 0.2) is 0 Å². The Morgan fingerprint density at radius 2 is 2.15 bits per heavy atom. The van der Waals surface area contributed by atoms with Gasteiger partial charge in [-0.15, -0.1) is 0 Å². The van der Waals surface area contributed by atoms with Gasteiger partial charge >= 0.3 is 0 Å². The maximum atomic E-state index is 9.79. The number of rotatable bonds is 6. The van der Waals surface area contributed by atoms with Gasteiger partial charge in [0, 0.05) is 11.2 Å². The average molecular weight is 279 g/mol. The van der Waals surface area contributed by atoms with Crippen molar-refractivity contribution in [3.05, 3.63) is 17.0 Å². The fraction of sp³-hybridized carbons (Fsp3) is 0.812. The topological polar surface area (TPSA) is 50.1 Å². The molecule has 1 aliphatic rings. The third-order valence-electron chi connectivity index (χ3n) is 4.81. The number of hydrogen-bond donors (Lipinski definition) is 2. The van der Waals surface area contributed by atoms with Crippen molar-refractivity contribution in [1.82, 2.24) is 15.1 Å². The Morgan fingerprint density at radius 3 is 2.70 bits per heavy atom. The first-order chi connectivity index (χ1) is 9.56. The molecule has 0 bridgehead atoms. The fourth-order valence-electron chi connectivity index (χ4n) is 3.62. The van der Waals surface area contributed by atoms with Crippen LogP contribution in [-0.4, -0.2) is 33.6 Å². The lowest BCUT2D eigenvalue weighted by atomic mass is 9.98. The SMILES string of the molecule is CCCNC1(CO)CCC(n2nc(C)c(CC)c2C)C1. The van der Waals surface area contributed by atoms with Crippen molar-refractivity contribution >= 4 is 0 Å². The molecule has 0 aromatic carbocycles. The maximum absolute atomic E-state index is 9.79. The third kappa shape index (κ3) is 2.77. The molecular weight excluding hydrogens is 250 g/mol. The van der Waals surface area contributed by atoms with Gasteiger partial charge in [0.1, 0.15) is 0 Å². The quantitative estimate of drug-likeness (QED) is 0.841. The molecule has 0 amide bonds. The highest BCUT2D eigenvalue weighted by Gasteiger charge is 2.39. The van der Waals surface area contributed by atoms with Crippen LogP contribution in [0.5, 0.6) is 0 Å². The van der Waals surface area contributed by atoms with Gasteiger partial charge in [-0.25, -0.2) is 0 Å². The van der Waals surface area contributed by atoms with Crippen LogP contribution >= 0.6 is 0 Å². The first-order valence-electron chi connectivity index (χ1n) is 7.97. The summed E-state index contributed by atoms with van der Waals surface area (Å²) < 4.78 is 2.21. The smallest absolute Gasteiger partial charge is 0.0628 e. The number of nitrogens with zero attached hydrogens (tertiary/aromatic N) is 2. The standard InChI is InChI=1S/C16H29N3O/c1-5-9-17-16(11-20)8-7-14(10-16)19-13(4)15(6-2)12(3)18-19/h14,17,20H,5-11H2,1-4H3. The Bertz CT molecular complexity index is 455. The Morgan fingerprint density at radius 1 is 1.40 bits per heavy atom. The van der Waals surface area contributed by atoms with Gasteiger partial charge in [-0.3, -0.25) is 4.68 Å². The Balaban J connectivity index is 2.16. The van der Waals surface area contributed by atoms with Crippen molar-refractivity contribution in [2.75, 3.05) is 13.2 Å². The van der Waals surface area contributed by atoms with Crippen molar-refractivity contribution in [3.63, 3.8) is 0 Å². The summed E-state index contributed by atoms with van der Waals surface area (Å²) >= 11 is 0. The van der Waals surface area contributed by atoms with E-state index < -0.39 is 0 Å². The zero-order valence-electron chi connectivity index (χ0n) is 13.4. The van der Waals surface area contributed by atoms with Gasteiger partial charge in [0.05, 0.1) is 18.3 Å². The fourth-order valence-corrected chi connectivity index (χ4v) is 3.62. The molecule has 0 saturated heterocycles. The summed E-state index contributed by atoms with van der Waals surface area (Å²) in [6.07, 6.45) is 5.26. The summed E-state index contributed by atoms with van der Waals surface area (Å²) in [4.78, 5) is 0. The van der Waals surface area contributed by atoms with E-state index in [0.29, 0.717) is 6.04 Å².